The number of aryl methyl sites for hydroxylation is 1. The standard InChI is InChI=1S/C19H17BN4O4/c1-10-8-22-19(28-10)14-7-18(27-2)15(20(25)26)6-13(14)11-3-4-12-16(21)9-23-24-17(12)5-11/h3-9,25-26H,1-2H3,(H2,21,24). The maximum atomic E-state index is 9.78. The van der Waals surface area contributed by atoms with Crippen LogP contribution in [0.5, 0.6) is 5.75 Å². The van der Waals surface area contributed by atoms with Crippen molar-refractivity contribution >= 4 is 29.2 Å². The third kappa shape index (κ3) is 3.06. The van der Waals surface area contributed by atoms with E-state index in [0.29, 0.717) is 39.7 Å². The first kappa shape index (κ1) is 18.0. The SMILES string of the molecule is COc1cc(-c2ncc(C)o2)c(-c2ccc3c(N)cnnc3c2)cc1B(O)O. The van der Waals surface area contributed by atoms with Crippen molar-refractivity contribution in [3.8, 4) is 28.3 Å². The number of nitrogens with zero attached hydrogens (tertiary/aromatic N) is 3. The fraction of sp³-hybridized carbons (Fsp3) is 0.105. The van der Waals surface area contributed by atoms with Crippen molar-refractivity contribution in [1.29, 1.82) is 0 Å². The van der Waals surface area contributed by atoms with Crippen LogP contribution in [0.1, 0.15) is 5.76 Å². The molecule has 140 valence electrons. The molecule has 4 N–H and O–H groups in total. The lowest BCUT2D eigenvalue weighted by molar-refractivity contribution is 0.403. The van der Waals surface area contributed by atoms with Crippen molar-refractivity contribution in [3.05, 3.63) is 48.5 Å². The number of fused-ring (bicyclic) bond motifs is 1. The van der Waals surface area contributed by atoms with Gasteiger partial charge in [0.05, 0.1) is 30.7 Å². The van der Waals surface area contributed by atoms with Gasteiger partial charge in [-0.15, -0.1) is 0 Å². The van der Waals surface area contributed by atoms with Gasteiger partial charge in [-0.25, -0.2) is 4.98 Å². The summed E-state index contributed by atoms with van der Waals surface area (Å²) >= 11 is 0. The zero-order valence-electron chi connectivity index (χ0n) is 15.2. The van der Waals surface area contributed by atoms with E-state index in [-0.39, 0.29) is 5.46 Å². The van der Waals surface area contributed by atoms with Crippen LogP contribution in [0.2, 0.25) is 0 Å². The van der Waals surface area contributed by atoms with Gasteiger partial charge in [0.1, 0.15) is 11.5 Å². The molecule has 0 bridgehead atoms. The van der Waals surface area contributed by atoms with Crippen LogP contribution in [0.3, 0.4) is 0 Å². The molecule has 0 aliphatic carbocycles. The van der Waals surface area contributed by atoms with Gasteiger partial charge in [0.2, 0.25) is 5.89 Å². The fourth-order valence-electron chi connectivity index (χ4n) is 3.12. The first-order valence-electron chi connectivity index (χ1n) is 8.50. The molecule has 2 aromatic heterocycles. The first-order chi connectivity index (χ1) is 13.5. The van der Waals surface area contributed by atoms with Gasteiger partial charge in [0.25, 0.3) is 0 Å². The molecule has 8 nitrogen and oxygen atoms in total. The number of ether oxygens (including phenoxy) is 1. The quantitative estimate of drug-likeness (QED) is 0.458. The van der Waals surface area contributed by atoms with Crippen molar-refractivity contribution in [3.63, 3.8) is 0 Å². The average Bonchev–Trinajstić information content (AvgIpc) is 3.13. The maximum Gasteiger partial charge on any atom is 0.492 e. The molecule has 4 aromatic rings. The van der Waals surface area contributed by atoms with Crippen molar-refractivity contribution in [2.75, 3.05) is 12.8 Å². The molecule has 0 atom stereocenters. The predicted molar refractivity (Wildman–Crippen MR) is 106 cm³/mol. The van der Waals surface area contributed by atoms with Crippen LogP contribution >= 0.6 is 0 Å². The van der Waals surface area contributed by atoms with E-state index < -0.39 is 7.12 Å². The summed E-state index contributed by atoms with van der Waals surface area (Å²) < 4.78 is 11.0. The Kier molecular flexibility index (Phi) is 4.46. The van der Waals surface area contributed by atoms with Crippen LogP contribution in [0.25, 0.3) is 33.5 Å². The fourth-order valence-corrected chi connectivity index (χ4v) is 3.12. The normalized spacial score (nSPS) is 11.0. The molecule has 4 rings (SSSR count). The second kappa shape index (κ2) is 6.95. The summed E-state index contributed by atoms with van der Waals surface area (Å²) in [6.07, 6.45) is 3.11. The van der Waals surface area contributed by atoms with Crippen LogP contribution < -0.4 is 15.9 Å². The smallest absolute Gasteiger partial charge is 0.492 e. The highest BCUT2D eigenvalue weighted by Gasteiger charge is 2.23. The number of benzene rings is 2. The molecule has 0 radical (unpaired) electrons. The molecular weight excluding hydrogens is 359 g/mol. The summed E-state index contributed by atoms with van der Waals surface area (Å²) in [5, 5.41) is 28.4. The van der Waals surface area contributed by atoms with Crippen molar-refractivity contribution in [2.45, 2.75) is 6.92 Å². The minimum atomic E-state index is -1.70. The van der Waals surface area contributed by atoms with Crippen molar-refractivity contribution in [1.82, 2.24) is 15.2 Å². The van der Waals surface area contributed by atoms with E-state index in [0.717, 1.165) is 10.9 Å². The van der Waals surface area contributed by atoms with Crippen LogP contribution in [-0.4, -0.2) is 39.5 Å². The summed E-state index contributed by atoms with van der Waals surface area (Å²) in [4.78, 5) is 4.30. The Morgan fingerprint density at radius 2 is 1.93 bits per heavy atom. The monoisotopic (exact) mass is 376 g/mol. The van der Waals surface area contributed by atoms with Gasteiger partial charge in [-0.05, 0) is 36.2 Å². The Labute approximate surface area is 160 Å². The van der Waals surface area contributed by atoms with Gasteiger partial charge < -0.3 is 24.9 Å². The molecule has 2 heterocycles. The summed E-state index contributed by atoms with van der Waals surface area (Å²) in [6, 6.07) is 8.85. The van der Waals surface area contributed by atoms with E-state index in [1.54, 1.807) is 25.3 Å². The summed E-state index contributed by atoms with van der Waals surface area (Å²) in [6.45, 7) is 1.80. The van der Waals surface area contributed by atoms with E-state index in [2.05, 4.69) is 15.2 Å². The molecule has 0 amide bonds. The molecular formula is C19H17BN4O4. The zero-order valence-corrected chi connectivity index (χ0v) is 15.2. The van der Waals surface area contributed by atoms with Crippen LogP contribution in [0.4, 0.5) is 5.69 Å². The maximum absolute atomic E-state index is 9.78. The van der Waals surface area contributed by atoms with E-state index in [1.165, 1.54) is 13.3 Å². The number of methoxy groups -OCH3 is 1. The minimum Gasteiger partial charge on any atom is -0.497 e. The van der Waals surface area contributed by atoms with Gasteiger partial charge in [0.15, 0.2) is 0 Å². The molecule has 0 aliphatic heterocycles. The minimum absolute atomic E-state index is 0.225. The molecule has 0 saturated heterocycles. The molecule has 2 aromatic carbocycles. The van der Waals surface area contributed by atoms with E-state index in [4.69, 9.17) is 14.9 Å². The predicted octanol–water partition coefficient (Wildman–Crippen LogP) is 1.53. The van der Waals surface area contributed by atoms with Crippen LogP contribution in [0.15, 0.2) is 47.1 Å². The number of hydrogen-bond acceptors (Lipinski definition) is 8. The Hall–Kier alpha value is -3.43. The zero-order chi connectivity index (χ0) is 19.8. The highest BCUT2D eigenvalue weighted by Crippen LogP contribution is 2.35. The number of rotatable bonds is 4. The number of anilines is 1. The van der Waals surface area contributed by atoms with E-state index in [9.17, 15) is 10.0 Å². The largest absolute Gasteiger partial charge is 0.497 e. The Morgan fingerprint density at radius 3 is 2.61 bits per heavy atom. The Morgan fingerprint density at radius 1 is 1.11 bits per heavy atom. The lowest BCUT2D eigenvalue weighted by atomic mass is 9.77. The second-order valence-electron chi connectivity index (χ2n) is 6.32. The van der Waals surface area contributed by atoms with Crippen molar-refractivity contribution in [2.24, 2.45) is 0 Å². The van der Waals surface area contributed by atoms with Gasteiger partial charge in [-0.3, -0.25) is 0 Å². The Bertz CT molecular complexity index is 1180. The van der Waals surface area contributed by atoms with Gasteiger partial charge >= 0.3 is 7.12 Å². The first-order valence-corrected chi connectivity index (χ1v) is 8.50. The third-order valence-corrected chi connectivity index (χ3v) is 4.48. The highest BCUT2D eigenvalue weighted by molar-refractivity contribution is 6.60. The van der Waals surface area contributed by atoms with Gasteiger partial charge in [-0.2, -0.15) is 10.2 Å². The molecule has 0 aliphatic rings. The average molecular weight is 376 g/mol. The number of oxazole rings is 1. The van der Waals surface area contributed by atoms with Crippen molar-refractivity contribution < 1.29 is 19.2 Å². The van der Waals surface area contributed by atoms with Gasteiger partial charge in [-0.1, -0.05) is 12.1 Å². The second-order valence-corrected chi connectivity index (χ2v) is 6.32. The summed E-state index contributed by atoms with van der Waals surface area (Å²) in [5.41, 5.74) is 9.42. The third-order valence-electron chi connectivity index (χ3n) is 4.48. The van der Waals surface area contributed by atoms with E-state index in [1.807, 2.05) is 18.2 Å². The Balaban J connectivity index is 2.00. The summed E-state index contributed by atoms with van der Waals surface area (Å²) in [7, 11) is -0.246. The number of nitrogens with two attached hydrogens (primary N) is 1. The molecule has 0 spiro atoms. The molecule has 0 fully saturated rings. The van der Waals surface area contributed by atoms with Crippen LogP contribution in [0, 0.1) is 6.92 Å². The van der Waals surface area contributed by atoms with Crippen LogP contribution in [-0.2, 0) is 0 Å². The lowest BCUT2D eigenvalue weighted by Gasteiger charge is -2.15. The molecule has 0 saturated carbocycles. The molecule has 28 heavy (non-hydrogen) atoms. The lowest BCUT2D eigenvalue weighted by Crippen LogP contribution is -2.31. The number of aromatic nitrogens is 3. The number of nitrogen functional groups attached to an aromatic ring is 1. The summed E-state index contributed by atoms with van der Waals surface area (Å²) in [5.74, 6) is 1.36. The topological polar surface area (TPSA) is 128 Å². The number of hydrogen-bond donors (Lipinski definition) is 3. The van der Waals surface area contributed by atoms with Gasteiger partial charge in [0, 0.05) is 16.4 Å². The molecule has 9 heteroatoms. The highest BCUT2D eigenvalue weighted by atomic mass is 16.5. The molecule has 0 unspecified atom stereocenters. The van der Waals surface area contributed by atoms with E-state index >= 15 is 0 Å².